The zero-order valence-corrected chi connectivity index (χ0v) is 19.0. The topological polar surface area (TPSA) is 45.4 Å². The number of aromatic nitrogens is 1. The number of hydrogen-bond acceptors (Lipinski definition) is 2. The molecular formula is C31H22BNO2. The van der Waals surface area contributed by atoms with Crippen molar-refractivity contribution < 1.29 is 10.0 Å². The van der Waals surface area contributed by atoms with E-state index in [1.165, 1.54) is 27.8 Å². The van der Waals surface area contributed by atoms with Gasteiger partial charge in [0.1, 0.15) is 0 Å². The van der Waals surface area contributed by atoms with E-state index < -0.39 is 7.12 Å². The summed E-state index contributed by atoms with van der Waals surface area (Å²) in [6.07, 6.45) is 0. The Bertz CT molecular complexity index is 1740. The second kappa shape index (κ2) is 7.71. The first-order chi connectivity index (χ1) is 17.2. The number of nitrogens with zero attached hydrogens (tertiary/aromatic N) is 1. The maximum Gasteiger partial charge on any atom is 0.488 e. The Balaban J connectivity index is 1.49. The van der Waals surface area contributed by atoms with Crippen molar-refractivity contribution in [3.8, 4) is 16.8 Å². The molecule has 0 amide bonds. The van der Waals surface area contributed by atoms with Gasteiger partial charge >= 0.3 is 7.12 Å². The number of fused-ring (bicyclic) bond motifs is 6. The molecule has 7 rings (SSSR count). The summed E-state index contributed by atoms with van der Waals surface area (Å²) >= 11 is 0. The fraction of sp³-hybridized carbons (Fsp3) is 0.0323. The molecule has 0 fully saturated rings. The van der Waals surface area contributed by atoms with Crippen LogP contribution in [-0.4, -0.2) is 21.7 Å². The van der Waals surface area contributed by atoms with Gasteiger partial charge in [0.05, 0.1) is 11.0 Å². The summed E-state index contributed by atoms with van der Waals surface area (Å²) in [7, 11) is -1.49. The lowest BCUT2D eigenvalue weighted by molar-refractivity contribution is 0.426. The second-order valence-corrected chi connectivity index (χ2v) is 9.21. The number of benzene rings is 5. The van der Waals surface area contributed by atoms with Crippen LogP contribution in [0.1, 0.15) is 22.6 Å². The van der Waals surface area contributed by atoms with Crippen LogP contribution in [0.15, 0.2) is 115 Å². The van der Waals surface area contributed by atoms with Crippen LogP contribution in [0.4, 0.5) is 0 Å². The molecule has 0 spiro atoms. The zero-order chi connectivity index (χ0) is 23.5. The molecule has 6 aromatic rings. The van der Waals surface area contributed by atoms with Crippen molar-refractivity contribution in [2.75, 3.05) is 0 Å². The van der Waals surface area contributed by atoms with Crippen LogP contribution in [0.25, 0.3) is 38.6 Å². The Morgan fingerprint density at radius 1 is 0.571 bits per heavy atom. The van der Waals surface area contributed by atoms with E-state index in [0.717, 1.165) is 27.5 Å². The standard InChI is InChI=1S/C31H22BNO2/c34-32(35)21-14-17-30-28(18-21)24-11-6-7-13-29(24)33(30)22-15-16-26-27(19-22)23-10-4-5-12-25(23)31(26)20-8-2-1-3-9-20/h1-19,31,34-35H. The molecule has 2 N–H and O–H groups in total. The average molecular weight is 451 g/mol. The average Bonchev–Trinajstić information content (AvgIpc) is 3.41. The van der Waals surface area contributed by atoms with Crippen molar-refractivity contribution in [2.24, 2.45) is 0 Å². The van der Waals surface area contributed by atoms with Crippen LogP contribution in [0.2, 0.25) is 0 Å². The Labute approximate surface area is 203 Å². The van der Waals surface area contributed by atoms with Crippen LogP contribution < -0.4 is 5.46 Å². The number of rotatable bonds is 3. The van der Waals surface area contributed by atoms with Gasteiger partial charge in [-0.3, -0.25) is 0 Å². The largest absolute Gasteiger partial charge is 0.488 e. The van der Waals surface area contributed by atoms with E-state index in [9.17, 15) is 10.0 Å². The summed E-state index contributed by atoms with van der Waals surface area (Å²) in [6.45, 7) is 0. The van der Waals surface area contributed by atoms with Gasteiger partial charge in [-0.1, -0.05) is 91.0 Å². The van der Waals surface area contributed by atoms with E-state index in [-0.39, 0.29) is 5.92 Å². The molecule has 0 radical (unpaired) electrons. The predicted octanol–water partition coefficient (Wildman–Crippen LogP) is 5.62. The molecule has 1 atom stereocenters. The molecule has 5 aromatic carbocycles. The molecule has 0 saturated carbocycles. The number of hydrogen-bond donors (Lipinski definition) is 2. The van der Waals surface area contributed by atoms with Crippen LogP contribution in [0.5, 0.6) is 0 Å². The summed E-state index contributed by atoms with van der Waals surface area (Å²) in [6, 6.07) is 40.2. The van der Waals surface area contributed by atoms with E-state index in [1.54, 1.807) is 6.07 Å². The van der Waals surface area contributed by atoms with E-state index in [1.807, 2.05) is 24.3 Å². The monoisotopic (exact) mass is 451 g/mol. The van der Waals surface area contributed by atoms with E-state index in [4.69, 9.17) is 0 Å². The van der Waals surface area contributed by atoms with Gasteiger partial charge in [0.15, 0.2) is 0 Å². The molecule has 1 heterocycles. The third kappa shape index (κ3) is 3.01. The summed E-state index contributed by atoms with van der Waals surface area (Å²) < 4.78 is 2.27. The van der Waals surface area contributed by atoms with Gasteiger partial charge < -0.3 is 14.6 Å². The number of para-hydroxylation sites is 1. The van der Waals surface area contributed by atoms with Crippen LogP contribution >= 0.6 is 0 Å². The maximum absolute atomic E-state index is 9.75. The highest BCUT2D eigenvalue weighted by molar-refractivity contribution is 6.59. The van der Waals surface area contributed by atoms with E-state index in [2.05, 4.69) is 89.5 Å². The smallest absolute Gasteiger partial charge is 0.423 e. The SMILES string of the molecule is OB(O)c1ccc2c(c1)c1ccccc1n2-c1ccc2c(c1)-c1ccccc1C2c1ccccc1. The fourth-order valence-corrected chi connectivity index (χ4v) is 5.76. The lowest BCUT2D eigenvalue weighted by Gasteiger charge is -2.15. The summed E-state index contributed by atoms with van der Waals surface area (Å²) in [4.78, 5) is 0. The summed E-state index contributed by atoms with van der Waals surface area (Å²) in [5.74, 6) is 0.225. The lowest BCUT2D eigenvalue weighted by Crippen LogP contribution is -2.29. The summed E-state index contributed by atoms with van der Waals surface area (Å²) in [5.41, 5.74) is 10.2. The Morgan fingerprint density at radius 2 is 1.29 bits per heavy atom. The highest BCUT2D eigenvalue weighted by Crippen LogP contribution is 2.48. The maximum atomic E-state index is 9.75. The third-order valence-electron chi connectivity index (χ3n) is 7.30. The molecule has 0 bridgehead atoms. The van der Waals surface area contributed by atoms with Crippen molar-refractivity contribution in [3.63, 3.8) is 0 Å². The van der Waals surface area contributed by atoms with Crippen molar-refractivity contribution in [3.05, 3.63) is 132 Å². The Hall–Kier alpha value is -4.12. The molecule has 1 aliphatic carbocycles. The minimum absolute atomic E-state index is 0.225. The van der Waals surface area contributed by atoms with Crippen LogP contribution in [-0.2, 0) is 0 Å². The highest BCUT2D eigenvalue weighted by Gasteiger charge is 2.30. The van der Waals surface area contributed by atoms with Gasteiger partial charge in [-0.25, -0.2) is 0 Å². The van der Waals surface area contributed by atoms with Crippen LogP contribution in [0.3, 0.4) is 0 Å². The molecule has 0 aliphatic heterocycles. The first-order valence-corrected chi connectivity index (χ1v) is 11.9. The zero-order valence-electron chi connectivity index (χ0n) is 19.0. The molecule has 0 saturated heterocycles. The quantitative estimate of drug-likeness (QED) is 0.343. The van der Waals surface area contributed by atoms with E-state index in [0.29, 0.717) is 5.46 Å². The first-order valence-electron chi connectivity index (χ1n) is 11.9. The van der Waals surface area contributed by atoms with Gasteiger partial charge in [-0.2, -0.15) is 0 Å². The van der Waals surface area contributed by atoms with Crippen molar-refractivity contribution >= 4 is 34.4 Å². The Morgan fingerprint density at radius 3 is 2.14 bits per heavy atom. The predicted molar refractivity (Wildman–Crippen MR) is 143 cm³/mol. The molecule has 35 heavy (non-hydrogen) atoms. The Kier molecular flexibility index (Phi) is 4.46. The van der Waals surface area contributed by atoms with Crippen molar-refractivity contribution in [2.45, 2.75) is 5.92 Å². The normalized spacial score (nSPS) is 14.3. The van der Waals surface area contributed by atoms with Gasteiger partial charge in [-0.05, 0) is 57.5 Å². The van der Waals surface area contributed by atoms with Crippen molar-refractivity contribution in [1.29, 1.82) is 0 Å². The summed E-state index contributed by atoms with van der Waals surface area (Å²) in [5, 5.41) is 21.6. The molecular weight excluding hydrogens is 429 g/mol. The van der Waals surface area contributed by atoms with E-state index >= 15 is 0 Å². The lowest BCUT2D eigenvalue weighted by atomic mass is 9.80. The van der Waals surface area contributed by atoms with Gasteiger partial charge in [0.2, 0.25) is 0 Å². The first kappa shape index (κ1) is 20.3. The third-order valence-corrected chi connectivity index (χ3v) is 7.30. The molecule has 4 heteroatoms. The molecule has 1 unspecified atom stereocenters. The highest BCUT2D eigenvalue weighted by atomic mass is 16.4. The molecule has 1 aromatic heterocycles. The van der Waals surface area contributed by atoms with Gasteiger partial charge in [-0.15, -0.1) is 0 Å². The van der Waals surface area contributed by atoms with Crippen molar-refractivity contribution in [1.82, 2.24) is 4.57 Å². The molecule has 1 aliphatic rings. The van der Waals surface area contributed by atoms with Gasteiger partial charge in [0.25, 0.3) is 0 Å². The minimum Gasteiger partial charge on any atom is -0.423 e. The van der Waals surface area contributed by atoms with Crippen LogP contribution in [0, 0.1) is 0 Å². The minimum atomic E-state index is -1.49. The van der Waals surface area contributed by atoms with Gasteiger partial charge in [0, 0.05) is 22.4 Å². The second-order valence-electron chi connectivity index (χ2n) is 9.21. The molecule has 3 nitrogen and oxygen atoms in total. The fourth-order valence-electron chi connectivity index (χ4n) is 5.76. The molecule has 166 valence electrons.